The Morgan fingerprint density at radius 2 is 1.77 bits per heavy atom. The maximum atomic E-state index is 12.6. The number of hydrogen-bond donors (Lipinski definition) is 2. The number of hydrogen-bond acceptors (Lipinski definition) is 7. The second-order valence-corrected chi connectivity index (χ2v) is 9.80. The normalized spacial score (nSPS) is 16.7. The summed E-state index contributed by atoms with van der Waals surface area (Å²) >= 11 is 0. The summed E-state index contributed by atoms with van der Waals surface area (Å²) in [5.74, 6) is 0. The highest BCUT2D eigenvalue weighted by Gasteiger charge is 2.27. The largest absolute Gasteiger partial charge is 0.445 e. The molecule has 1 aromatic carbocycles. The first-order valence-electron chi connectivity index (χ1n) is 11.3. The third-order valence-corrected chi connectivity index (χ3v) is 7.33. The van der Waals surface area contributed by atoms with Gasteiger partial charge in [-0.2, -0.15) is 0 Å². The molecule has 0 bridgehead atoms. The van der Waals surface area contributed by atoms with Crippen molar-refractivity contribution < 1.29 is 23.1 Å². The maximum absolute atomic E-state index is 12.6. The number of nitrogens with one attached hydrogen (secondary N) is 2. The highest BCUT2D eigenvalue weighted by Crippen LogP contribution is 2.47. The third-order valence-electron chi connectivity index (χ3n) is 5.28. The van der Waals surface area contributed by atoms with Gasteiger partial charge in [-0.15, -0.1) is 0 Å². The molecule has 0 aliphatic carbocycles. The van der Waals surface area contributed by atoms with Crippen molar-refractivity contribution in [1.82, 2.24) is 15.5 Å². The van der Waals surface area contributed by atoms with E-state index >= 15 is 0 Å². The molecule has 0 saturated carbocycles. The topological polar surface area (TPSA) is 89.1 Å². The monoisotopic (exact) mass is 455 g/mol. The fourth-order valence-electron chi connectivity index (χ4n) is 3.60. The number of rotatable bonds is 13. The molecule has 0 aromatic heterocycles. The van der Waals surface area contributed by atoms with Crippen molar-refractivity contribution in [3.63, 3.8) is 0 Å². The molecule has 1 heterocycles. The summed E-state index contributed by atoms with van der Waals surface area (Å²) in [5.41, 5.74) is 0.962. The summed E-state index contributed by atoms with van der Waals surface area (Å²) in [4.78, 5) is 14.4. The molecule has 9 heteroatoms. The first-order valence-corrected chi connectivity index (χ1v) is 13.0. The van der Waals surface area contributed by atoms with E-state index in [4.69, 9.17) is 13.8 Å². The molecule has 2 rings (SSSR count). The maximum Gasteiger partial charge on any atom is 0.408 e. The van der Waals surface area contributed by atoms with Crippen LogP contribution in [-0.4, -0.2) is 62.2 Å². The van der Waals surface area contributed by atoms with Crippen molar-refractivity contribution in [1.29, 1.82) is 0 Å². The summed E-state index contributed by atoms with van der Waals surface area (Å²) in [6.07, 6.45) is 2.57. The predicted octanol–water partition coefficient (Wildman–Crippen LogP) is 3.97. The minimum Gasteiger partial charge on any atom is -0.445 e. The number of nitrogens with zero attached hydrogens (tertiary/aromatic N) is 1. The van der Waals surface area contributed by atoms with E-state index in [-0.39, 0.29) is 12.8 Å². The second-order valence-electron chi connectivity index (χ2n) is 7.62. The van der Waals surface area contributed by atoms with E-state index in [1.165, 1.54) is 0 Å². The number of piperidine rings is 1. The summed E-state index contributed by atoms with van der Waals surface area (Å²) in [6.45, 7) is 9.25. The average Bonchev–Trinajstić information content (AvgIpc) is 2.78. The number of benzene rings is 1. The Labute approximate surface area is 186 Å². The lowest BCUT2D eigenvalue weighted by molar-refractivity contribution is 0.129. The van der Waals surface area contributed by atoms with Crippen LogP contribution in [0, 0.1) is 0 Å². The molecule has 0 spiro atoms. The van der Waals surface area contributed by atoms with E-state index in [1.807, 2.05) is 51.1 Å². The SMILES string of the molecule is CCOP(=O)(CCN1CCC(NC(CC)NC(=O)OCc2ccccc2)CC1)OCC. The molecule has 8 nitrogen and oxygen atoms in total. The van der Waals surface area contributed by atoms with Gasteiger partial charge < -0.3 is 24.0 Å². The molecule has 1 atom stereocenters. The van der Waals surface area contributed by atoms with Crippen molar-refractivity contribution in [2.75, 3.05) is 39.0 Å². The van der Waals surface area contributed by atoms with Crippen molar-refractivity contribution in [3.05, 3.63) is 35.9 Å². The van der Waals surface area contributed by atoms with E-state index in [2.05, 4.69) is 15.5 Å². The number of carbonyl (C=O) groups is 1. The number of amides is 1. The van der Waals surface area contributed by atoms with Crippen molar-refractivity contribution in [2.24, 2.45) is 0 Å². The van der Waals surface area contributed by atoms with Crippen LogP contribution in [0.2, 0.25) is 0 Å². The zero-order valence-electron chi connectivity index (χ0n) is 19.0. The van der Waals surface area contributed by atoms with Crippen LogP contribution in [0.4, 0.5) is 4.79 Å². The molecule has 1 amide bonds. The zero-order valence-corrected chi connectivity index (χ0v) is 19.9. The molecule has 1 fully saturated rings. The Balaban J connectivity index is 1.69. The Kier molecular flexibility index (Phi) is 11.5. The highest BCUT2D eigenvalue weighted by atomic mass is 31.2. The summed E-state index contributed by atoms with van der Waals surface area (Å²) in [7, 11) is -2.99. The lowest BCUT2D eigenvalue weighted by atomic mass is 10.0. The minimum absolute atomic E-state index is 0.129. The lowest BCUT2D eigenvalue weighted by Crippen LogP contribution is -2.52. The lowest BCUT2D eigenvalue weighted by Gasteiger charge is -2.35. The molecule has 0 radical (unpaired) electrons. The molecule has 1 aliphatic heterocycles. The van der Waals surface area contributed by atoms with Crippen LogP contribution in [0.1, 0.15) is 45.6 Å². The first kappa shape index (κ1) is 25.8. The fourth-order valence-corrected chi connectivity index (χ4v) is 5.25. The summed E-state index contributed by atoms with van der Waals surface area (Å²) in [6, 6.07) is 9.96. The standard InChI is InChI=1S/C22H38N3O5P/c1-4-21(24-22(26)28-18-19-10-8-7-9-11-19)23-20-12-14-25(15-13-20)16-17-31(27,29-5-2)30-6-3/h7-11,20-21,23H,4-6,12-18H2,1-3H3,(H,24,26). The average molecular weight is 456 g/mol. The van der Waals surface area contributed by atoms with Gasteiger partial charge in [0.25, 0.3) is 0 Å². The van der Waals surface area contributed by atoms with Crippen LogP contribution < -0.4 is 10.6 Å². The van der Waals surface area contributed by atoms with Crippen LogP contribution in [0.15, 0.2) is 30.3 Å². The van der Waals surface area contributed by atoms with Crippen molar-refractivity contribution in [3.8, 4) is 0 Å². The second kappa shape index (κ2) is 13.9. The quantitative estimate of drug-likeness (QED) is 0.344. The minimum atomic E-state index is -2.99. The van der Waals surface area contributed by atoms with Crippen LogP contribution in [0.3, 0.4) is 0 Å². The molecule has 31 heavy (non-hydrogen) atoms. The van der Waals surface area contributed by atoms with Crippen LogP contribution >= 0.6 is 7.60 Å². The van der Waals surface area contributed by atoms with Gasteiger partial charge in [-0.1, -0.05) is 37.3 Å². The molecule has 1 saturated heterocycles. The molecule has 1 aromatic rings. The Morgan fingerprint density at radius 3 is 2.35 bits per heavy atom. The van der Waals surface area contributed by atoms with Gasteiger partial charge in [0.2, 0.25) is 0 Å². The molecule has 1 unspecified atom stereocenters. The number of carbonyl (C=O) groups excluding carboxylic acids is 1. The third kappa shape index (κ3) is 9.71. The molecule has 176 valence electrons. The zero-order chi connectivity index (χ0) is 22.5. The molecule has 1 aliphatic rings. The van der Waals surface area contributed by atoms with Gasteiger partial charge in [-0.05, 0) is 51.8 Å². The van der Waals surface area contributed by atoms with E-state index in [1.54, 1.807) is 0 Å². The first-order chi connectivity index (χ1) is 15.0. The van der Waals surface area contributed by atoms with Crippen LogP contribution in [0.5, 0.6) is 0 Å². The van der Waals surface area contributed by atoms with Gasteiger partial charge in [0.05, 0.1) is 25.5 Å². The Morgan fingerprint density at radius 1 is 1.13 bits per heavy atom. The van der Waals surface area contributed by atoms with Gasteiger partial charge in [-0.3, -0.25) is 9.88 Å². The van der Waals surface area contributed by atoms with Gasteiger partial charge in [0.1, 0.15) is 6.61 Å². The van der Waals surface area contributed by atoms with Crippen molar-refractivity contribution >= 4 is 13.7 Å². The highest BCUT2D eigenvalue weighted by molar-refractivity contribution is 7.53. The Hall–Kier alpha value is -1.44. The van der Waals surface area contributed by atoms with Gasteiger partial charge in [-0.25, -0.2) is 4.79 Å². The van der Waals surface area contributed by atoms with E-state index in [0.717, 1.165) is 37.9 Å². The summed E-state index contributed by atoms with van der Waals surface area (Å²) < 4.78 is 28.7. The number of alkyl carbamates (subject to hydrolysis) is 1. The molecule has 2 N–H and O–H groups in total. The van der Waals surface area contributed by atoms with Gasteiger partial charge >= 0.3 is 13.7 Å². The number of likely N-dealkylation sites (tertiary alicyclic amines) is 1. The van der Waals surface area contributed by atoms with Crippen molar-refractivity contribution in [2.45, 2.75) is 58.8 Å². The van der Waals surface area contributed by atoms with Crippen LogP contribution in [-0.2, 0) is 25.0 Å². The van der Waals surface area contributed by atoms with E-state index in [9.17, 15) is 9.36 Å². The van der Waals surface area contributed by atoms with Gasteiger partial charge in [0, 0.05) is 12.6 Å². The fraction of sp³-hybridized carbons (Fsp3) is 0.682. The van der Waals surface area contributed by atoms with E-state index in [0.29, 0.717) is 32.0 Å². The number of ether oxygens (including phenoxy) is 1. The molecular weight excluding hydrogens is 417 g/mol. The summed E-state index contributed by atoms with van der Waals surface area (Å²) in [5, 5.41) is 6.44. The smallest absolute Gasteiger partial charge is 0.408 e. The predicted molar refractivity (Wildman–Crippen MR) is 122 cm³/mol. The molecular formula is C22H38N3O5P. The van der Waals surface area contributed by atoms with Crippen LogP contribution in [0.25, 0.3) is 0 Å². The van der Waals surface area contributed by atoms with Gasteiger partial charge in [0.15, 0.2) is 0 Å². The van der Waals surface area contributed by atoms with E-state index < -0.39 is 13.7 Å². The Bertz CT molecular complexity index is 673.